The monoisotopic (exact) mass is 388 g/mol. The van der Waals surface area contributed by atoms with E-state index in [1.54, 1.807) is 24.3 Å². The van der Waals surface area contributed by atoms with Gasteiger partial charge in [0.25, 0.3) is 17.5 Å². The van der Waals surface area contributed by atoms with Crippen molar-refractivity contribution in [1.29, 1.82) is 0 Å². The van der Waals surface area contributed by atoms with Crippen LogP contribution < -0.4 is 15.8 Å². The smallest absolute Gasteiger partial charge is 0.272 e. The molecule has 2 N–H and O–H groups in total. The molecule has 0 saturated carbocycles. The summed E-state index contributed by atoms with van der Waals surface area (Å²) in [4.78, 5) is 37.3. The molecule has 1 fully saturated rings. The second-order valence-corrected chi connectivity index (χ2v) is 6.51. The van der Waals surface area contributed by atoms with E-state index in [-0.39, 0.29) is 16.8 Å². The van der Waals surface area contributed by atoms with E-state index in [9.17, 15) is 19.7 Å². The van der Waals surface area contributed by atoms with Crippen LogP contribution in [0.4, 0.5) is 11.4 Å². The summed E-state index contributed by atoms with van der Waals surface area (Å²) >= 11 is 5.85. The summed E-state index contributed by atoms with van der Waals surface area (Å²) < 4.78 is 0. The summed E-state index contributed by atoms with van der Waals surface area (Å²) in [5, 5.41) is 11.5. The van der Waals surface area contributed by atoms with Gasteiger partial charge in [-0.3, -0.25) is 30.6 Å². The van der Waals surface area contributed by atoms with Crippen LogP contribution in [0.1, 0.15) is 33.6 Å². The van der Waals surface area contributed by atoms with Gasteiger partial charge in [0.2, 0.25) is 0 Å². The Kier molecular flexibility index (Phi) is 5.56. The Hall–Kier alpha value is -3.13. The van der Waals surface area contributed by atoms with Crippen LogP contribution in [0.2, 0.25) is 5.02 Å². The van der Waals surface area contributed by atoms with Gasteiger partial charge in [-0.2, -0.15) is 0 Å². The van der Waals surface area contributed by atoms with Crippen molar-refractivity contribution >= 4 is 34.8 Å². The van der Waals surface area contributed by atoms with Gasteiger partial charge in [0.15, 0.2) is 0 Å². The van der Waals surface area contributed by atoms with Crippen molar-refractivity contribution in [3.8, 4) is 0 Å². The average Bonchev–Trinajstić information content (AvgIpc) is 3.19. The van der Waals surface area contributed by atoms with Gasteiger partial charge in [-0.25, -0.2) is 0 Å². The Bertz CT molecular complexity index is 897. The van der Waals surface area contributed by atoms with Crippen LogP contribution in [0.25, 0.3) is 0 Å². The molecule has 0 aromatic heterocycles. The van der Waals surface area contributed by atoms with Gasteiger partial charge >= 0.3 is 0 Å². The molecule has 0 atom stereocenters. The summed E-state index contributed by atoms with van der Waals surface area (Å²) in [6.07, 6.45) is 1.98. The maximum Gasteiger partial charge on any atom is 0.272 e. The lowest BCUT2D eigenvalue weighted by molar-refractivity contribution is -0.384. The average molecular weight is 389 g/mol. The number of hydrogen-bond acceptors (Lipinski definition) is 5. The molecule has 0 radical (unpaired) electrons. The number of hydrogen-bond donors (Lipinski definition) is 2. The van der Waals surface area contributed by atoms with Crippen LogP contribution in [0, 0.1) is 10.1 Å². The van der Waals surface area contributed by atoms with Gasteiger partial charge < -0.3 is 4.90 Å². The van der Waals surface area contributed by atoms with Crippen LogP contribution in [0.5, 0.6) is 0 Å². The van der Waals surface area contributed by atoms with Crippen molar-refractivity contribution in [2.45, 2.75) is 12.8 Å². The molecule has 1 heterocycles. The molecule has 27 heavy (non-hydrogen) atoms. The number of nitro benzene ring substituents is 1. The van der Waals surface area contributed by atoms with Gasteiger partial charge in [0.1, 0.15) is 0 Å². The Morgan fingerprint density at radius 2 is 1.74 bits per heavy atom. The number of carbonyl (C=O) groups is 2. The third kappa shape index (κ3) is 4.35. The van der Waals surface area contributed by atoms with Crippen molar-refractivity contribution < 1.29 is 14.5 Å². The number of benzene rings is 2. The molecule has 9 heteroatoms. The van der Waals surface area contributed by atoms with Crippen LogP contribution >= 0.6 is 11.6 Å². The lowest BCUT2D eigenvalue weighted by Crippen LogP contribution is -2.42. The minimum atomic E-state index is -0.629. The maximum absolute atomic E-state index is 12.6. The summed E-state index contributed by atoms with van der Waals surface area (Å²) in [5.74, 6) is -1.17. The Labute approximate surface area is 160 Å². The van der Waals surface area contributed by atoms with E-state index >= 15 is 0 Å². The van der Waals surface area contributed by atoms with E-state index in [2.05, 4.69) is 10.9 Å². The molecule has 0 bridgehead atoms. The largest absolute Gasteiger partial charge is 0.371 e. The molecule has 1 saturated heterocycles. The summed E-state index contributed by atoms with van der Waals surface area (Å²) in [5.41, 5.74) is 5.45. The van der Waals surface area contributed by atoms with Crippen molar-refractivity contribution in [3.63, 3.8) is 0 Å². The Morgan fingerprint density at radius 3 is 2.41 bits per heavy atom. The molecule has 2 aromatic carbocycles. The predicted octanol–water partition coefficient (Wildman–Crippen LogP) is 2.92. The molecule has 2 aromatic rings. The molecular formula is C18H17ClN4O4. The van der Waals surface area contributed by atoms with Crippen LogP contribution in [-0.4, -0.2) is 29.8 Å². The highest BCUT2D eigenvalue weighted by molar-refractivity contribution is 6.31. The second-order valence-electron chi connectivity index (χ2n) is 6.07. The van der Waals surface area contributed by atoms with Crippen molar-refractivity contribution in [2.24, 2.45) is 0 Å². The molecular weight excluding hydrogens is 372 g/mol. The Balaban J connectivity index is 1.79. The maximum atomic E-state index is 12.6. The molecule has 0 spiro atoms. The number of halogens is 1. The molecule has 0 aliphatic carbocycles. The highest BCUT2D eigenvalue weighted by Crippen LogP contribution is 2.28. The van der Waals surface area contributed by atoms with Gasteiger partial charge in [-0.1, -0.05) is 17.7 Å². The van der Waals surface area contributed by atoms with Gasteiger partial charge in [-0.05, 0) is 37.1 Å². The first-order valence-electron chi connectivity index (χ1n) is 8.35. The molecule has 1 aliphatic rings. The zero-order valence-electron chi connectivity index (χ0n) is 14.3. The quantitative estimate of drug-likeness (QED) is 0.619. The fraction of sp³-hybridized carbons (Fsp3) is 0.222. The van der Waals surface area contributed by atoms with Gasteiger partial charge in [-0.15, -0.1) is 0 Å². The lowest BCUT2D eigenvalue weighted by Gasteiger charge is -2.21. The zero-order chi connectivity index (χ0) is 19.4. The van der Waals surface area contributed by atoms with Crippen molar-refractivity contribution in [1.82, 2.24) is 10.9 Å². The minimum absolute atomic E-state index is 0.137. The predicted molar refractivity (Wildman–Crippen MR) is 101 cm³/mol. The molecule has 0 unspecified atom stereocenters. The number of nitro groups is 1. The van der Waals surface area contributed by atoms with Crippen molar-refractivity contribution in [3.05, 3.63) is 68.7 Å². The fourth-order valence-electron chi connectivity index (χ4n) is 2.94. The number of anilines is 1. The number of nitrogens with zero attached hydrogens (tertiary/aromatic N) is 2. The standard InChI is InChI=1S/C18H17ClN4O4/c19-13-5-3-4-12(10-13)17(24)20-21-18(25)15-11-14(23(26)27)6-7-16(15)22-8-1-2-9-22/h3-7,10-11H,1-2,8-9H2,(H,20,24)(H,21,25). The van der Waals surface area contributed by atoms with E-state index in [1.807, 2.05) is 4.90 Å². The van der Waals surface area contributed by atoms with Crippen molar-refractivity contribution in [2.75, 3.05) is 18.0 Å². The number of amides is 2. The first-order valence-corrected chi connectivity index (χ1v) is 8.73. The van der Waals surface area contributed by atoms with Gasteiger partial charge in [0.05, 0.1) is 16.2 Å². The minimum Gasteiger partial charge on any atom is -0.371 e. The summed E-state index contributed by atoms with van der Waals surface area (Å²) in [7, 11) is 0. The van der Waals surface area contributed by atoms with E-state index in [0.29, 0.717) is 10.7 Å². The highest BCUT2D eigenvalue weighted by atomic mass is 35.5. The number of rotatable bonds is 4. The van der Waals surface area contributed by atoms with E-state index in [1.165, 1.54) is 18.2 Å². The number of hydrazine groups is 1. The highest BCUT2D eigenvalue weighted by Gasteiger charge is 2.23. The second kappa shape index (κ2) is 8.05. The van der Waals surface area contributed by atoms with E-state index < -0.39 is 16.7 Å². The first kappa shape index (κ1) is 18.7. The van der Waals surface area contributed by atoms with E-state index in [0.717, 1.165) is 25.9 Å². The normalized spacial score (nSPS) is 13.3. The fourth-order valence-corrected chi connectivity index (χ4v) is 3.13. The molecule has 1 aliphatic heterocycles. The SMILES string of the molecule is O=C(NNC(=O)c1cc([N+](=O)[O-])ccc1N1CCCC1)c1cccc(Cl)c1. The van der Waals surface area contributed by atoms with Crippen LogP contribution in [0.15, 0.2) is 42.5 Å². The molecule has 140 valence electrons. The summed E-state index contributed by atoms with van der Waals surface area (Å²) in [6, 6.07) is 10.4. The lowest BCUT2D eigenvalue weighted by atomic mass is 10.1. The van der Waals surface area contributed by atoms with E-state index in [4.69, 9.17) is 11.6 Å². The number of non-ortho nitro benzene ring substituents is 1. The molecule has 2 amide bonds. The van der Waals surface area contributed by atoms with Crippen LogP contribution in [0.3, 0.4) is 0 Å². The zero-order valence-corrected chi connectivity index (χ0v) is 15.0. The Morgan fingerprint density at radius 1 is 1.04 bits per heavy atom. The molecule has 8 nitrogen and oxygen atoms in total. The van der Waals surface area contributed by atoms with Crippen LogP contribution in [-0.2, 0) is 0 Å². The summed E-state index contributed by atoms with van der Waals surface area (Å²) in [6.45, 7) is 1.54. The third-order valence-electron chi connectivity index (χ3n) is 4.26. The molecule has 3 rings (SSSR count). The first-order chi connectivity index (χ1) is 13.0. The number of nitrogens with one attached hydrogen (secondary N) is 2. The number of carbonyl (C=O) groups excluding carboxylic acids is 2. The topological polar surface area (TPSA) is 105 Å². The van der Waals surface area contributed by atoms with Gasteiger partial charge in [0, 0.05) is 35.8 Å². The third-order valence-corrected chi connectivity index (χ3v) is 4.49.